The van der Waals surface area contributed by atoms with Crippen molar-refractivity contribution in [1.82, 2.24) is 5.06 Å². The van der Waals surface area contributed by atoms with E-state index in [-0.39, 0.29) is 18.1 Å². The highest BCUT2D eigenvalue weighted by molar-refractivity contribution is 6.12. The monoisotopic (exact) mass is 543 g/mol. The van der Waals surface area contributed by atoms with E-state index in [9.17, 15) is 19.5 Å². The first-order valence-electron chi connectivity index (χ1n) is 14.4. The van der Waals surface area contributed by atoms with Gasteiger partial charge in [-0.15, -0.1) is 0 Å². The largest absolute Gasteiger partial charge is 0.458 e. The second-order valence-corrected chi connectivity index (χ2v) is 12.1. The maximum Gasteiger partial charge on any atom is 0.303 e. The summed E-state index contributed by atoms with van der Waals surface area (Å²) in [5, 5.41) is 13.0. The molecule has 210 valence electrons. The number of hydrogen-bond donors (Lipinski definition) is 1. The van der Waals surface area contributed by atoms with Crippen molar-refractivity contribution in [2.75, 3.05) is 13.2 Å². The molecule has 5 aliphatic rings. The summed E-state index contributed by atoms with van der Waals surface area (Å²) >= 11 is 0. The SMILES string of the molecule is CC(=O)OCC(=O)[C@]12ON(CCCc3ccccc3)C3=C(CC4=C3CCC4)C1=CC(=O)C1=C[C@@H](C)[C@@H](O)C[C@@]12C. The Balaban J connectivity index is 1.48. The fourth-order valence-electron chi connectivity index (χ4n) is 7.52. The molecule has 1 aromatic carbocycles. The number of hydroxylamine groups is 2. The number of hydrogen-bond acceptors (Lipinski definition) is 7. The van der Waals surface area contributed by atoms with Gasteiger partial charge in [-0.1, -0.05) is 55.8 Å². The Morgan fingerprint density at radius 3 is 2.67 bits per heavy atom. The first-order chi connectivity index (χ1) is 19.2. The number of esters is 1. The molecule has 0 amide bonds. The molecule has 4 atom stereocenters. The van der Waals surface area contributed by atoms with Gasteiger partial charge in [0.2, 0.25) is 5.78 Å². The molecule has 7 heteroatoms. The lowest BCUT2D eigenvalue weighted by Crippen LogP contribution is -2.66. The van der Waals surface area contributed by atoms with Crippen molar-refractivity contribution in [3.8, 4) is 0 Å². The second-order valence-electron chi connectivity index (χ2n) is 12.1. The van der Waals surface area contributed by atoms with E-state index in [1.165, 1.54) is 23.6 Å². The predicted molar refractivity (Wildman–Crippen MR) is 149 cm³/mol. The Hall–Kier alpha value is -3.29. The van der Waals surface area contributed by atoms with Gasteiger partial charge in [0.25, 0.3) is 0 Å². The lowest BCUT2D eigenvalue weighted by Gasteiger charge is -2.57. The summed E-state index contributed by atoms with van der Waals surface area (Å²) in [6, 6.07) is 10.3. The number of aryl methyl sites for hydroxylation is 1. The Morgan fingerprint density at radius 2 is 1.93 bits per heavy atom. The zero-order valence-corrected chi connectivity index (χ0v) is 23.5. The highest BCUT2D eigenvalue weighted by Gasteiger charge is 2.67. The maximum atomic E-state index is 14.4. The van der Waals surface area contributed by atoms with Crippen LogP contribution in [0.2, 0.25) is 0 Å². The molecular weight excluding hydrogens is 506 g/mol. The molecule has 0 aromatic heterocycles. The number of rotatable bonds is 7. The average molecular weight is 544 g/mol. The molecule has 1 aromatic rings. The highest BCUT2D eigenvalue weighted by Crippen LogP contribution is 2.62. The van der Waals surface area contributed by atoms with Crippen LogP contribution in [0.25, 0.3) is 0 Å². The smallest absolute Gasteiger partial charge is 0.303 e. The van der Waals surface area contributed by atoms with Crippen LogP contribution >= 0.6 is 0 Å². The number of nitrogens with zero attached hydrogens (tertiary/aromatic N) is 1. The zero-order valence-electron chi connectivity index (χ0n) is 23.5. The molecule has 0 fully saturated rings. The van der Waals surface area contributed by atoms with E-state index < -0.39 is 35.5 Å². The number of carbonyl (C=O) groups is 3. The van der Waals surface area contributed by atoms with Crippen LogP contribution in [0.5, 0.6) is 0 Å². The van der Waals surface area contributed by atoms with Crippen molar-refractivity contribution in [1.29, 1.82) is 0 Å². The van der Waals surface area contributed by atoms with E-state index >= 15 is 0 Å². The number of allylic oxidation sites excluding steroid dienone is 3. The van der Waals surface area contributed by atoms with Crippen LogP contribution in [0.15, 0.2) is 76.0 Å². The van der Waals surface area contributed by atoms with Gasteiger partial charge in [0, 0.05) is 35.9 Å². The summed E-state index contributed by atoms with van der Waals surface area (Å²) in [6.45, 7) is 5.09. The lowest BCUT2D eigenvalue weighted by atomic mass is 9.52. The van der Waals surface area contributed by atoms with Gasteiger partial charge in [-0.2, -0.15) is 0 Å². The Bertz CT molecular complexity index is 1400. The molecule has 0 spiro atoms. The Labute approximate surface area is 235 Å². The van der Waals surface area contributed by atoms with Gasteiger partial charge in [0.1, 0.15) is 0 Å². The topological polar surface area (TPSA) is 93.1 Å². The summed E-state index contributed by atoms with van der Waals surface area (Å²) < 4.78 is 5.25. The first kappa shape index (κ1) is 26.9. The molecule has 4 aliphatic carbocycles. The number of fused-ring (bicyclic) bond motifs is 5. The minimum Gasteiger partial charge on any atom is -0.458 e. The van der Waals surface area contributed by atoms with Crippen LogP contribution in [0.1, 0.15) is 64.9 Å². The Morgan fingerprint density at radius 1 is 1.15 bits per heavy atom. The van der Waals surface area contributed by atoms with E-state index in [0.29, 0.717) is 24.1 Å². The van der Waals surface area contributed by atoms with Crippen molar-refractivity contribution in [2.24, 2.45) is 11.3 Å². The standard InChI is InChI=1S/C33H37NO6/c1-20-15-27-28(36)17-26-25-16-23-12-7-13-24(23)31(25)34(14-8-11-22-9-5-4-6-10-22)40-33(26,30(38)19-39-21(2)35)32(27,3)18-29(20)37/h4-6,9-10,15,17,20,29,37H,7-8,11-14,16,18-19H2,1-3H3/t20-,29+,32+,33-/m1/s1. The van der Waals surface area contributed by atoms with Crippen LogP contribution < -0.4 is 0 Å². The number of aliphatic hydroxyl groups excluding tert-OH is 1. The van der Waals surface area contributed by atoms with Gasteiger partial charge in [-0.3, -0.25) is 24.3 Å². The Kier molecular flexibility index (Phi) is 6.70. The maximum absolute atomic E-state index is 14.4. The molecule has 1 aliphatic heterocycles. The average Bonchev–Trinajstić information content (AvgIpc) is 3.52. The van der Waals surface area contributed by atoms with E-state index in [2.05, 4.69) is 12.1 Å². The fraction of sp³-hybridized carbons (Fsp3) is 0.485. The number of Topliss-reactive ketones (excluding diaryl/α,β-unsaturated/α-hetero) is 1. The van der Waals surface area contributed by atoms with Gasteiger partial charge >= 0.3 is 5.97 Å². The number of benzene rings is 1. The summed E-state index contributed by atoms with van der Waals surface area (Å²) in [4.78, 5) is 46.8. The molecule has 0 radical (unpaired) electrons. The molecule has 1 heterocycles. The molecular formula is C33H37NO6. The number of carbonyl (C=O) groups excluding carboxylic acids is 3. The lowest BCUT2D eigenvalue weighted by molar-refractivity contribution is -0.250. The summed E-state index contributed by atoms with van der Waals surface area (Å²) in [7, 11) is 0. The van der Waals surface area contributed by atoms with Crippen LogP contribution in [-0.4, -0.2) is 52.6 Å². The molecule has 0 bridgehead atoms. The van der Waals surface area contributed by atoms with E-state index in [0.717, 1.165) is 43.4 Å². The van der Waals surface area contributed by atoms with Gasteiger partial charge in [-0.05, 0) is 67.7 Å². The summed E-state index contributed by atoms with van der Waals surface area (Å²) in [5.74, 6) is -1.35. The molecule has 1 N–H and O–H groups in total. The van der Waals surface area contributed by atoms with Crippen LogP contribution in [-0.2, 0) is 30.4 Å². The second kappa shape index (κ2) is 9.96. The minimum absolute atomic E-state index is 0.146. The first-order valence-corrected chi connectivity index (χ1v) is 14.4. The quantitative estimate of drug-likeness (QED) is 0.498. The van der Waals surface area contributed by atoms with E-state index in [1.54, 1.807) is 12.2 Å². The minimum atomic E-state index is -1.60. The van der Waals surface area contributed by atoms with Crippen molar-refractivity contribution in [3.05, 3.63) is 81.6 Å². The normalized spacial score (nSPS) is 30.8. The molecule has 0 saturated heterocycles. The van der Waals surface area contributed by atoms with E-state index in [4.69, 9.17) is 9.57 Å². The van der Waals surface area contributed by atoms with Gasteiger partial charge in [-0.25, -0.2) is 0 Å². The fourth-order valence-corrected chi connectivity index (χ4v) is 7.52. The molecule has 0 saturated carbocycles. The highest BCUT2D eigenvalue weighted by atomic mass is 16.7. The number of ketones is 2. The van der Waals surface area contributed by atoms with Crippen LogP contribution in [0.3, 0.4) is 0 Å². The zero-order chi connectivity index (χ0) is 28.2. The third-order valence-electron chi connectivity index (χ3n) is 9.53. The summed E-state index contributed by atoms with van der Waals surface area (Å²) in [5.41, 5.74) is 4.12. The van der Waals surface area contributed by atoms with Crippen molar-refractivity contribution in [2.45, 2.75) is 77.4 Å². The molecule has 0 unspecified atom stereocenters. The van der Waals surface area contributed by atoms with Crippen LogP contribution in [0.4, 0.5) is 0 Å². The van der Waals surface area contributed by atoms with Crippen LogP contribution in [0, 0.1) is 11.3 Å². The predicted octanol–water partition coefficient (Wildman–Crippen LogP) is 4.72. The van der Waals surface area contributed by atoms with E-state index in [1.807, 2.05) is 37.1 Å². The van der Waals surface area contributed by atoms with Crippen molar-refractivity contribution in [3.63, 3.8) is 0 Å². The van der Waals surface area contributed by atoms with Crippen molar-refractivity contribution >= 4 is 17.5 Å². The summed E-state index contributed by atoms with van der Waals surface area (Å²) in [6.07, 6.45) is 8.17. The number of ether oxygens (including phenoxy) is 1. The van der Waals surface area contributed by atoms with Crippen molar-refractivity contribution < 1.29 is 29.1 Å². The third-order valence-corrected chi connectivity index (χ3v) is 9.53. The molecule has 7 nitrogen and oxygen atoms in total. The molecule has 6 rings (SSSR count). The van der Waals surface area contributed by atoms with Gasteiger partial charge in [0.15, 0.2) is 18.0 Å². The third kappa shape index (κ3) is 4.05. The van der Waals surface area contributed by atoms with Gasteiger partial charge in [0.05, 0.1) is 11.8 Å². The van der Waals surface area contributed by atoms with Gasteiger partial charge < -0.3 is 9.84 Å². The number of aliphatic hydroxyl groups is 1. The molecule has 40 heavy (non-hydrogen) atoms.